The Balaban J connectivity index is 2.63. The van der Waals surface area contributed by atoms with Gasteiger partial charge in [0.05, 0.1) is 5.52 Å². The third-order valence-corrected chi connectivity index (χ3v) is 2.52. The van der Waals surface area contributed by atoms with Crippen LogP contribution in [0.2, 0.25) is 0 Å². The molecule has 0 bridgehead atoms. The summed E-state index contributed by atoms with van der Waals surface area (Å²) in [6.07, 6.45) is 0. The summed E-state index contributed by atoms with van der Waals surface area (Å²) in [5.41, 5.74) is 8.16. The Morgan fingerprint density at radius 3 is 2.87 bits per heavy atom. The van der Waals surface area contributed by atoms with E-state index in [0.29, 0.717) is 0 Å². The van der Waals surface area contributed by atoms with Gasteiger partial charge in [-0.3, -0.25) is 0 Å². The van der Waals surface area contributed by atoms with Crippen LogP contribution in [-0.4, -0.2) is 19.7 Å². The predicted octanol–water partition coefficient (Wildman–Crippen LogP) is 1.10. The van der Waals surface area contributed by atoms with Gasteiger partial charge in [-0.2, -0.15) is 4.98 Å². The van der Waals surface area contributed by atoms with Gasteiger partial charge in [0.15, 0.2) is 5.65 Å². The minimum atomic E-state index is 0.202. The van der Waals surface area contributed by atoms with Gasteiger partial charge in [-0.15, -0.1) is 10.2 Å². The molecule has 0 radical (unpaired) electrons. The first-order valence-electron chi connectivity index (χ1n) is 4.60. The molecule has 0 aliphatic carbocycles. The molecular weight excluding hydrogens is 190 g/mol. The Hall–Kier alpha value is -2.17. The van der Waals surface area contributed by atoms with Gasteiger partial charge in [0.1, 0.15) is 5.52 Å². The van der Waals surface area contributed by atoms with Crippen LogP contribution in [-0.2, 0) is 7.05 Å². The van der Waals surface area contributed by atoms with Crippen LogP contribution in [0.25, 0.3) is 22.1 Å². The fourth-order valence-electron chi connectivity index (χ4n) is 1.82. The molecule has 0 aliphatic rings. The van der Waals surface area contributed by atoms with Crippen molar-refractivity contribution < 1.29 is 0 Å². The Morgan fingerprint density at radius 2 is 2.00 bits per heavy atom. The molecule has 0 spiro atoms. The van der Waals surface area contributed by atoms with Crippen molar-refractivity contribution in [1.29, 1.82) is 0 Å². The topological polar surface area (TPSA) is 69.6 Å². The second-order valence-corrected chi connectivity index (χ2v) is 3.42. The number of nitrogens with two attached hydrogens (primary N) is 1. The lowest BCUT2D eigenvalue weighted by Crippen LogP contribution is -1.99. The van der Waals surface area contributed by atoms with Crippen LogP contribution in [0, 0.1) is 0 Å². The largest absolute Gasteiger partial charge is 0.366 e. The summed E-state index contributed by atoms with van der Waals surface area (Å²) in [7, 11) is 1.94. The molecule has 0 saturated heterocycles. The first kappa shape index (κ1) is 8.16. The zero-order chi connectivity index (χ0) is 10.4. The standard InChI is InChI=1S/C10H9N5/c1-15-7-5-3-2-4-6(7)8-9(15)12-10(11)14-13-8/h2-5H,1H3,(H2,11,12,14). The Labute approximate surface area is 85.5 Å². The van der Waals surface area contributed by atoms with Crippen molar-refractivity contribution in [1.82, 2.24) is 19.7 Å². The van der Waals surface area contributed by atoms with Gasteiger partial charge in [-0.05, 0) is 6.07 Å². The predicted molar refractivity (Wildman–Crippen MR) is 58.2 cm³/mol. The van der Waals surface area contributed by atoms with E-state index in [1.54, 1.807) is 0 Å². The van der Waals surface area contributed by atoms with Crippen LogP contribution in [0.1, 0.15) is 0 Å². The van der Waals surface area contributed by atoms with Crippen molar-refractivity contribution in [3.8, 4) is 0 Å². The number of aromatic nitrogens is 4. The molecule has 3 rings (SSSR count). The molecule has 15 heavy (non-hydrogen) atoms. The molecule has 74 valence electrons. The molecule has 2 aromatic heterocycles. The highest BCUT2D eigenvalue weighted by Crippen LogP contribution is 2.24. The van der Waals surface area contributed by atoms with Crippen molar-refractivity contribution in [2.75, 3.05) is 5.73 Å². The zero-order valence-electron chi connectivity index (χ0n) is 8.18. The number of nitrogen functional groups attached to an aromatic ring is 1. The monoisotopic (exact) mass is 199 g/mol. The highest BCUT2D eigenvalue weighted by Gasteiger charge is 2.10. The first-order chi connectivity index (χ1) is 7.27. The third-order valence-electron chi connectivity index (χ3n) is 2.52. The van der Waals surface area contributed by atoms with Crippen molar-refractivity contribution in [2.24, 2.45) is 7.05 Å². The van der Waals surface area contributed by atoms with E-state index in [0.717, 1.165) is 22.1 Å². The number of nitrogens with zero attached hydrogens (tertiary/aromatic N) is 4. The smallest absolute Gasteiger partial charge is 0.242 e. The van der Waals surface area contributed by atoms with Crippen LogP contribution in [0.5, 0.6) is 0 Å². The molecule has 5 heteroatoms. The Morgan fingerprint density at radius 1 is 1.20 bits per heavy atom. The van der Waals surface area contributed by atoms with Crippen molar-refractivity contribution in [2.45, 2.75) is 0 Å². The van der Waals surface area contributed by atoms with Gasteiger partial charge in [0.2, 0.25) is 5.95 Å². The quantitative estimate of drug-likeness (QED) is 0.588. The number of hydrogen-bond donors (Lipinski definition) is 1. The van der Waals surface area contributed by atoms with Crippen LogP contribution >= 0.6 is 0 Å². The maximum atomic E-state index is 5.52. The molecule has 0 amide bonds. The first-order valence-corrected chi connectivity index (χ1v) is 4.60. The number of para-hydroxylation sites is 1. The minimum Gasteiger partial charge on any atom is -0.366 e. The summed E-state index contributed by atoms with van der Waals surface area (Å²) in [6.45, 7) is 0. The summed E-state index contributed by atoms with van der Waals surface area (Å²) in [5.74, 6) is 0.202. The molecule has 0 unspecified atom stereocenters. The van der Waals surface area contributed by atoms with Crippen LogP contribution < -0.4 is 5.73 Å². The number of rotatable bonds is 0. The summed E-state index contributed by atoms with van der Waals surface area (Å²) in [5, 5.41) is 8.90. The Bertz CT molecular complexity index is 655. The van der Waals surface area contributed by atoms with E-state index in [-0.39, 0.29) is 5.95 Å². The van der Waals surface area contributed by atoms with E-state index in [2.05, 4.69) is 15.2 Å². The van der Waals surface area contributed by atoms with E-state index in [1.165, 1.54) is 0 Å². The fraction of sp³-hybridized carbons (Fsp3) is 0.100. The number of benzene rings is 1. The molecule has 3 aromatic rings. The third kappa shape index (κ3) is 0.999. The van der Waals surface area contributed by atoms with Gasteiger partial charge in [0.25, 0.3) is 0 Å². The second-order valence-electron chi connectivity index (χ2n) is 3.42. The molecule has 0 atom stereocenters. The van der Waals surface area contributed by atoms with Crippen molar-refractivity contribution in [3.05, 3.63) is 24.3 Å². The molecule has 0 aliphatic heterocycles. The maximum absolute atomic E-state index is 5.52. The van der Waals surface area contributed by atoms with Crippen LogP contribution in [0.4, 0.5) is 5.95 Å². The highest BCUT2D eigenvalue weighted by molar-refractivity contribution is 6.04. The van der Waals surface area contributed by atoms with Gasteiger partial charge >= 0.3 is 0 Å². The average Bonchev–Trinajstić information content (AvgIpc) is 2.54. The molecule has 2 heterocycles. The van der Waals surface area contributed by atoms with Gasteiger partial charge in [0, 0.05) is 12.4 Å². The molecule has 5 nitrogen and oxygen atoms in total. The van der Waals surface area contributed by atoms with E-state index in [4.69, 9.17) is 5.73 Å². The number of anilines is 1. The number of fused-ring (bicyclic) bond motifs is 3. The van der Waals surface area contributed by atoms with Crippen molar-refractivity contribution in [3.63, 3.8) is 0 Å². The van der Waals surface area contributed by atoms with Crippen LogP contribution in [0.15, 0.2) is 24.3 Å². The summed E-state index contributed by atoms with van der Waals surface area (Å²) >= 11 is 0. The Kier molecular flexibility index (Phi) is 1.45. The summed E-state index contributed by atoms with van der Waals surface area (Å²) in [4.78, 5) is 4.18. The number of hydrogen-bond acceptors (Lipinski definition) is 4. The fourth-order valence-corrected chi connectivity index (χ4v) is 1.82. The van der Waals surface area contributed by atoms with Crippen molar-refractivity contribution >= 4 is 28.0 Å². The second kappa shape index (κ2) is 2.66. The molecule has 0 fully saturated rings. The lowest BCUT2D eigenvalue weighted by Gasteiger charge is -1.95. The molecule has 0 saturated carbocycles. The molecule has 2 N–H and O–H groups in total. The minimum absolute atomic E-state index is 0.202. The number of aryl methyl sites for hydroxylation is 1. The SMILES string of the molecule is Cn1c2ccccc2c2nnc(N)nc21. The van der Waals surface area contributed by atoms with Gasteiger partial charge in [-0.1, -0.05) is 18.2 Å². The van der Waals surface area contributed by atoms with E-state index in [1.807, 2.05) is 35.9 Å². The van der Waals surface area contributed by atoms with Gasteiger partial charge in [-0.25, -0.2) is 0 Å². The average molecular weight is 199 g/mol. The van der Waals surface area contributed by atoms with E-state index < -0.39 is 0 Å². The zero-order valence-corrected chi connectivity index (χ0v) is 8.18. The summed E-state index contributed by atoms with van der Waals surface area (Å²) in [6, 6.07) is 7.98. The van der Waals surface area contributed by atoms with Crippen LogP contribution in [0.3, 0.4) is 0 Å². The normalized spacial score (nSPS) is 11.3. The molecule has 1 aromatic carbocycles. The summed E-state index contributed by atoms with van der Waals surface area (Å²) < 4.78 is 1.97. The van der Waals surface area contributed by atoms with E-state index >= 15 is 0 Å². The van der Waals surface area contributed by atoms with E-state index in [9.17, 15) is 0 Å². The van der Waals surface area contributed by atoms with Gasteiger partial charge < -0.3 is 10.3 Å². The lowest BCUT2D eigenvalue weighted by atomic mass is 10.2. The lowest BCUT2D eigenvalue weighted by molar-refractivity contribution is 0.960. The highest BCUT2D eigenvalue weighted by atomic mass is 15.2. The molecular formula is C10H9N5. The maximum Gasteiger partial charge on any atom is 0.242 e.